The van der Waals surface area contributed by atoms with Gasteiger partial charge in [-0.3, -0.25) is 14.9 Å². The number of rotatable bonds is 4. The number of carbonyl (C=O) groups excluding carboxylic acids is 1. The Hall–Kier alpha value is -3.13. The van der Waals surface area contributed by atoms with Gasteiger partial charge in [-0.05, 0) is 37.3 Å². The van der Waals surface area contributed by atoms with E-state index in [0.29, 0.717) is 30.4 Å². The van der Waals surface area contributed by atoms with Gasteiger partial charge in [0, 0.05) is 17.2 Å². The number of amides is 1. The number of hydrogen-bond donors (Lipinski definition) is 1. The van der Waals surface area contributed by atoms with Crippen molar-refractivity contribution >= 4 is 28.9 Å². The van der Waals surface area contributed by atoms with Crippen molar-refractivity contribution in [3.05, 3.63) is 62.7 Å². The summed E-state index contributed by atoms with van der Waals surface area (Å²) in [7, 11) is 0. The van der Waals surface area contributed by atoms with E-state index in [1.54, 1.807) is 25.1 Å². The lowest BCUT2D eigenvalue weighted by atomic mass is 10.1. The fourth-order valence-corrected chi connectivity index (χ4v) is 2.51. The molecule has 9 heteroatoms. The minimum atomic E-state index is -0.650. The number of hydrazone groups is 1. The number of carbonyl (C=O) groups is 1. The van der Waals surface area contributed by atoms with Crippen LogP contribution < -0.4 is 14.9 Å². The van der Waals surface area contributed by atoms with Crippen LogP contribution >= 0.6 is 11.6 Å². The lowest BCUT2D eigenvalue weighted by molar-refractivity contribution is -0.384. The summed E-state index contributed by atoms with van der Waals surface area (Å²) in [5.41, 5.74) is 3.40. The third kappa shape index (κ3) is 3.75. The number of nitrogens with one attached hydrogen (secondary N) is 1. The molecule has 2 aromatic carbocycles. The van der Waals surface area contributed by atoms with E-state index in [4.69, 9.17) is 21.1 Å². The zero-order valence-electron chi connectivity index (χ0n) is 13.7. The lowest BCUT2D eigenvalue weighted by Gasteiger charge is -2.18. The summed E-state index contributed by atoms with van der Waals surface area (Å²) in [6.07, 6.45) is 0. The number of nitro groups is 1. The monoisotopic (exact) mass is 375 g/mol. The molecule has 1 heterocycles. The summed E-state index contributed by atoms with van der Waals surface area (Å²) in [5, 5.41) is 14.9. The Morgan fingerprint density at radius 2 is 1.85 bits per heavy atom. The van der Waals surface area contributed by atoms with Crippen LogP contribution in [0.5, 0.6) is 11.5 Å². The number of fused-ring (bicyclic) bond motifs is 1. The van der Waals surface area contributed by atoms with Crippen LogP contribution in [0.15, 0.2) is 41.5 Å². The van der Waals surface area contributed by atoms with Crippen LogP contribution in [0.1, 0.15) is 22.8 Å². The first-order valence-electron chi connectivity index (χ1n) is 7.64. The van der Waals surface area contributed by atoms with Gasteiger partial charge in [-0.25, -0.2) is 5.43 Å². The predicted octanol–water partition coefficient (Wildman–Crippen LogP) is 3.17. The molecule has 0 saturated carbocycles. The molecule has 8 nitrogen and oxygen atoms in total. The maximum Gasteiger partial charge on any atom is 0.288 e. The van der Waals surface area contributed by atoms with Crippen molar-refractivity contribution in [2.45, 2.75) is 6.92 Å². The van der Waals surface area contributed by atoms with Crippen LogP contribution in [0.4, 0.5) is 5.69 Å². The topological polar surface area (TPSA) is 103 Å². The van der Waals surface area contributed by atoms with Crippen LogP contribution in [-0.2, 0) is 0 Å². The maximum atomic E-state index is 12.2. The van der Waals surface area contributed by atoms with Gasteiger partial charge in [0.2, 0.25) is 0 Å². The summed E-state index contributed by atoms with van der Waals surface area (Å²) < 4.78 is 11.0. The van der Waals surface area contributed by atoms with Crippen molar-refractivity contribution in [2.75, 3.05) is 13.2 Å². The van der Waals surface area contributed by atoms with Crippen molar-refractivity contribution in [3.63, 3.8) is 0 Å². The molecule has 0 bridgehead atoms. The number of ether oxygens (including phenoxy) is 2. The van der Waals surface area contributed by atoms with E-state index in [1.165, 1.54) is 12.1 Å². The first kappa shape index (κ1) is 17.7. The van der Waals surface area contributed by atoms with E-state index in [0.717, 1.165) is 11.6 Å². The fraction of sp³-hybridized carbons (Fsp3) is 0.176. The van der Waals surface area contributed by atoms with Crippen LogP contribution in [0.3, 0.4) is 0 Å². The molecule has 1 aliphatic rings. The van der Waals surface area contributed by atoms with Crippen molar-refractivity contribution in [1.82, 2.24) is 5.43 Å². The second kappa shape index (κ2) is 7.40. The van der Waals surface area contributed by atoms with Gasteiger partial charge in [-0.2, -0.15) is 5.10 Å². The summed E-state index contributed by atoms with van der Waals surface area (Å²) >= 11 is 5.74. The van der Waals surface area contributed by atoms with E-state index in [2.05, 4.69) is 10.5 Å². The minimum absolute atomic E-state index is 0.0393. The van der Waals surface area contributed by atoms with Crippen LogP contribution in [0.2, 0.25) is 5.02 Å². The van der Waals surface area contributed by atoms with Gasteiger partial charge in [0.05, 0.1) is 10.6 Å². The predicted molar refractivity (Wildman–Crippen MR) is 95.2 cm³/mol. The zero-order valence-corrected chi connectivity index (χ0v) is 14.4. The third-order valence-electron chi connectivity index (χ3n) is 3.69. The first-order valence-corrected chi connectivity index (χ1v) is 8.02. The SMILES string of the molecule is C/C(=N/NC(=O)c1ccc(Cl)c([N+](=O)[O-])c1)c1ccc2c(c1)OCCO2. The molecule has 1 amide bonds. The lowest BCUT2D eigenvalue weighted by Crippen LogP contribution is -2.20. The van der Waals surface area contributed by atoms with Crippen molar-refractivity contribution in [3.8, 4) is 11.5 Å². The maximum absolute atomic E-state index is 12.2. The molecular formula is C17H14ClN3O5. The number of nitro benzene ring substituents is 1. The fourth-order valence-electron chi connectivity index (χ4n) is 2.33. The Bertz CT molecular complexity index is 913. The number of benzene rings is 2. The molecule has 0 radical (unpaired) electrons. The summed E-state index contributed by atoms with van der Waals surface area (Å²) in [6.45, 7) is 2.69. The molecule has 0 saturated heterocycles. The second-order valence-corrected chi connectivity index (χ2v) is 5.83. The molecule has 0 spiro atoms. The number of halogens is 1. The molecule has 1 N–H and O–H groups in total. The molecule has 0 atom stereocenters. The van der Waals surface area contributed by atoms with Crippen LogP contribution in [0.25, 0.3) is 0 Å². The van der Waals surface area contributed by atoms with Gasteiger partial charge in [0.1, 0.15) is 18.2 Å². The smallest absolute Gasteiger partial charge is 0.288 e. The highest BCUT2D eigenvalue weighted by Gasteiger charge is 2.16. The molecule has 3 rings (SSSR count). The molecular weight excluding hydrogens is 362 g/mol. The Morgan fingerprint density at radius 1 is 1.15 bits per heavy atom. The van der Waals surface area contributed by atoms with Crippen molar-refractivity contribution in [1.29, 1.82) is 0 Å². The average Bonchev–Trinajstić information content (AvgIpc) is 2.65. The van der Waals surface area contributed by atoms with Gasteiger partial charge in [0.15, 0.2) is 11.5 Å². The minimum Gasteiger partial charge on any atom is -0.486 e. The van der Waals surface area contributed by atoms with E-state index in [-0.39, 0.29) is 16.3 Å². The van der Waals surface area contributed by atoms with Gasteiger partial charge in [-0.1, -0.05) is 11.6 Å². The standard InChI is InChI=1S/C17H14ClN3O5/c1-10(11-3-5-15-16(9-11)26-7-6-25-15)19-20-17(22)12-2-4-13(18)14(8-12)21(23)24/h2-5,8-9H,6-7H2,1H3,(H,20,22)/b19-10-. The summed E-state index contributed by atoms with van der Waals surface area (Å²) in [4.78, 5) is 22.4. The zero-order chi connectivity index (χ0) is 18.7. The van der Waals surface area contributed by atoms with Gasteiger partial charge in [-0.15, -0.1) is 0 Å². The quantitative estimate of drug-likeness (QED) is 0.502. The highest BCUT2D eigenvalue weighted by atomic mass is 35.5. The van der Waals surface area contributed by atoms with Crippen LogP contribution in [0, 0.1) is 10.1 Å². The molecule has 1 aliphatic heterocycles. The van der Waals surface area contributed by atoms with Gasteiger partial charge in [0.25, 0.3) is 11.6 Å². The Labute approximate surface area is 153 Å². The molecule has 134 valence electrons. The molecule has 0 unspecified atom stereocenters. The Morgan fingerprint density at radius 3 is 2.58 bits per heavy atom. The van der Waals surface area contributed by atoms with Crippen molar-refractivity contribution < 1.29 is 19.2 Å². The second-order valence-electron chi connectivity index (χ2n) is 5.42. The highest BCUT2D eigenvalue weighted by molar-refractivity contribution is 6.32. The third-order valence-corrected chi connectivity index (χ3v) is 4.01. The number of hydrogen-bond acceptors (Lipinski definition) is 6. The molecule has 0 aromatic heterocycles. The van der Waals surface area contributed by atoms with Gasteiger partial charge >= 0.3 is 0 Å². The Balaban J connectivity index is 1.75. The average molecular weight is 376 g/mol. The number of nitrogens with zero attached hydrogens (tertiary/aromatic N) is 2. The molecule has 0 aliphatic carbocycles. The summed E-state index contributed by atoms with van der Waals surface area (Å²) in [6, 6.07) is 9.13. The largest absolute Gasteiger partial charge is 0.486 e. The molecule has 26 heavy (non-hydrogen) atoms. The first-order chi connectivity index (χ1) is 12.5. The van der Waals surface area contributed by atoms with Gasteiger partial charge < -0.3 is 9.47 Å². The van der Waals surface area contributed by atoms with E-state index < -0.39 is 10.8 Å². The van der Waals surface area contributed by atoms with E-state index in [9.17, 15) is 14.9 Å². The highest BCUT2D eigenvalue weighted by Crippen LogP contribution is 2.31. The van der Waals surface area contributed by atoms with Crippen LogP contribution in [-0.4, -0.2) is 29.8 Å². The molecule has 0 fully saturated rings. The van der Waals surface area contributed by atoms with Crippen molar-refractivity contribution in [2.24, 2.45) is 5.10 Å². The molecule has 2 aromatic rings. The Kier molecular flexibility index (Phi) is 5.04. The van der Waals surface area contributed by atoms with E-state index >= 15 is 0 Å². The normalized spacial score (nSPS) is 13.2. The summed E-state index contributed by atoms with van der Waals surface area (Å²) in [5.74, 6) is 0.690. The van der Waals surface area contributed by atoms with E-state index in [1.807, 2.05) is 0 Å².